The molecule has 0 fully saturated rings. The minimum absolute atomic E-state index is 0.267. The molecule has 0 bridgehead atoms. The normalized spacial score (nSPS) is 24.9. The Morgan fingerprint density at radius 1 is 1.40 bits per heavy atom. The first-order chi connectivity index (χ1) is 7.05. The van der Waals surface area contributed by atoms with Crippen LogP contribution in [0.4, 0.5) is 5.69 Å². The molecule has 1 aliphatic heterocycles. The number of hydrogen-bond acceptors (Lipinski definition) is 2. The number of para-hydroxylation sites is 1. The van der Waals surface area contributed by atoms with Gasteiger partial charge < -0.3 is 4.90 Å². The largest absolute Gasteiger partial charge is 0.374 e. The molecule has 1 aliphatic rings. The maximum atomic E-state index is 11.8. The summed E-state index contributed by atoms with van der Waals surface area (Å²) >= 11 is 0. The molecule has 0 radical (unpaired) electrons. The number of rotatable bonds is 1. The average molecular weight is 203 g/mol. The minimum Gasteiger partial charge on any atom is -0.374 e. The Kier molecular flexibility index (Phi) is 2.29. The lowest BCUT2D eigenvalue weighted by molar-refractivity contribution is -0.122. The van der Waals surface area contributed by atoms with Crippen molar-refractivity contribution in [2.45, 2.75) is 25.7 Å². The third kappa shape index (κ3) is 1.44. The second kappa shape index (κ2) is 3.37. The van der Waals surface area contributed by atoms with Gasteiger partial charge in [0, 0.05) is 19.3 Å². The molecule has 0 saturated heterocycles. The second-order valence-electron chi connectivity index (χ2n) is 4.58. The molecule has 1 aromatic carbocycles. The number of carbonyl (C=O) groups excluding carboxylic acids is 1. The molecule has 0 aromatic heterocycles. The Morgan fingerprint density at radius 2 is 2.07 bits per heavy atom. The van der Waals surface area contributed by atoms with Gasteiger partial charge in [-0.3, -0.25) is 4.79 Å². The summed E-state index contributed by atoms with van der Waals surface area (Å²) in [5.41, 5.74) is 2.08. The highest BCUT2D eigenvalue weighted by molar-refractivity contribution is 5.90. The first-order valence-electron chi connectivity index (χ1n) is 5.37. The molecule has 0 N–H and O–H groups in total. The van der Waals surface area contributed by atoms with Gasteiger partial charge in [0.15, 0.2) is 0 Å². The van der Waals surface area contributed by atoms with E-state index >= 15 is 0 Å². The van der Waals surface area contributed by atoms with Gasteiger partial charge in [-0.05, 0) is 31.9 Å². The highest BCUT2D eigenvalue weighted by atomic mass is 16.1. The molecule has 0 saturated carbocycles. The van der Waals surface area contributed by atoms with Gasteiger partial charge in [0.05, 0.1) is 5.41 Å². The smallest absolute Gasteiger partial charge is 0.140 e. The molecular formula is C13H17NO. The Morgan fingerprint density at radius 3 is 2.73 bits per heavy atom. The maximum Gasteiger partial charge on any atom is 0.140 e. The maximum absolute atomic E-state index is 11.8. The lowest BCUT2D eigenvalue weighted by atomic mass is 9.73. The molecular weight excluding hydrogens is 186 g/mol. The van der Waals surface area contributed by atoms with E-state index in [4.69, 9.17) is 0 Å². The molecule has 0 amide bonds. The molecule has 2 heteroatoms. The van der Waals surface area contributed by atoms with Gasteiger partial charge in [0.25, 0.3) is 0 Å². The molecule has 1 heterocycles. The van der Waals surface area contributed by atoms with E-state index in [1.54, 1.807) is 6.92 Å². The van der Waals surface area contributed by atoms with E-state index in [0.29, 0.717) is 0 Å². The van der Waals surface area contributed by atoms with Gasteiger partial charge >= 0.3 is 0 Å². The number of benzene rings is 1. The molecule has 15 heavy (non-hydrogen) atoms. The van der Waals surface area contributed by atoms with Crippen LogP contribution >= 0.6 is 0 Å². The topological polar surface area (TPSA) is 20.3 Å². The van der Waals surface area contributed by atoms with E-state index in [1.165, 1.54) is 11.3 Å². The number of Topliss-reactive ketones (excluding diaryl/α,β-unsaturated/α-hetero) is 1. The van der Waals surface area contributed by atoms with Crippen LogP contribution in [-0.2, 0) is 10.2 Å². The number of anilines is 1. The third-order valence-corrected chi connectivity index (χ3v) is 3.63. The van der Waals surface area contributed by atoms with Crippen molar-refractivity contribution in [2.24, 2.45) is 0 Å². The highest BCUT2D eigenvalue weighted by Crippen LogP contribution is 2.39. The molecule has 1 aromatic rings. The van der Waals surface area contributed by atoms with Crippen LogP contribution in [0.15, 0.2) is 24.3 Å². The number of carbonyl (C=O) groups is 1. The summed E-state index contributed by atoms with van der Waals surface area (Å²) in [6.07, 6.45) is 0.913. The number of hydrogen-bond donors (Lipinski definition) is 0. The molecule has 0 unspecified atom stereocenters. The predicted octanol–water partition coefficient (Wildman–Crippen LogP) is 2.37. The average Bonchev–Trinajstić information content (AvgIpc) is 2.24. The molecule has 0 spiro atoms. The van der Waals surface area contributed by atoms with E-state index in [2.05, 4.69) is 31.0 Å². The standard InChI is InChI=1S/C13H17NO/c1-10(15)13(2)8-9-14(3)12-7-5-4-6-11(12)13/h4-7H,8-9H2,1-3H3/t13-/m1/s1. The fraction of sp³-hybridized carbons (Fsp3) is 0.462. The summed E-state index contributed by atoms with van der Waals surface area (Å²) in [5.74, 6) is 0.267. The van der Waals surface area contributed by atoms with E-state index < -0.39 is 0 Å². The first kappa shape index (κ1) is 10.2. The van der Waals surface area contributed by atoms with Gasteiger partial charge in [-0.1, -0.05) is 18.2 Å². The van der Waals surface area contributed by atoms with Crippen molar-refractivity contribution in [3.8, 4) is 0 Å². The predicted molar refractivity (Wildman–Crippen MR) is 62.4 cm³/mol. The van der Waals surface area contributed by atoms with Crippen LogP contribution in [-0.4, -0.2) is 19.4 Å². The van der Waals surface area contributed by atoms with Gasteiger partial charge in [-0.15, -0.1) is 0 Å². The Balaban J connectivity index is 2.58. The summed E-state index contributed by atoms with van der Waals surface area (Å²) in [6.45, 7) is 4.70. The summed E-state index contributed by atoms with van der Waals surface area (Å²) in [5, 5.41) is 0. The summed E-state index contributed by atoms with van der Waals surface area (Å²) in [7, 11) is 2.08. The van der Waals surface area contributed by atoms with Crippen LogP contribution < -0.4 is 4.90 Å². The Labute approximate surface area is 90.9 Å². The fourth-order valence-electron chi connectivity index (χ4n) is 2.29. The van der Waals surface area contributed by atoms with Crippen LogP contribution in [0.5, 0.6) is 0 Å². The minimum atomic E-state index is -0.289. The van der Waals surface area contributed by atoms with Crippen molar-refractivity contribution < 1.29 is 4.79 Å². The number of ketones is 1. The molecule has 2 rings (SSSR count). The number of fused-ring (bicyclic) bond motifs is 1. The van der Waals surface area contributed by atoms with Crippen molar-refractivity contribution in [1.29, 1.82) is 0 Å². The fourth-order valence-corrected chi connectivity index (χ4v) is 2.29. The van der Waals surface area contributed by atoms with Gasteiger partial charge in [0.1, 0.15) is 5.78 Å². The summed E-state index contributed by atoms with van der Waals surface area (Å²) < 4.78 is 0. The molecule has 80 valence electrons. The van der Waals surface area contributed by atoms with E-state index in [9.17, 15) is 4.79 Å². The third-order valence-electron chi connectivity index (χ3n) is 3.63. The Hall–Kier alpha value is -1.31. The lowest BCUT2D eigenvalue weighted by Crippen LogP contribution is -2.41. The molecule has 2 nitrogen and oxygen atoms in total. The van der Waals surface area contributed by atoms with Crippen molar-refractivity contribution in [3.05, 3.63) is 29.8 Å². The lowest BCUT2D eigenvalue weighted by Gasteiger charge is -2.39. The number of nitrogens with zero attached hydrogens (tertiary/aromatic N) is 1. The van der Waals surface area contributed by atoms with Gasteiger partial charge in [0.2, 0.25) is 0 Å². The summed E-state index contributed by atoms with van der Waals surface area (Å²) in [4.78, 5) is 14.0. The van der Waals surface area contributed by atoms with Crippen LogP contribution in [0.1, 0.15) is 25.8 Å². The van der Waals surface area contributed by atoms with E-state index in [-0.39, 0.29) is 11.2 Å². The zero-order valence-corrected chi connectivity index (χ0v) is 9.58. The van der Waals surface area contributed by atoms with Crippen LogP contribution in [0.25, 0.3) is 0 Å². The van der Waals surface area contributed by atoms with Crippen molar-refractivity contribution in [2.75, 3.05) is 18.5 Å². The van der Waals surface area contributed by atoms with Crippen molar-refractivity contribution in [3.63, 3.8) is 0 Å². The van der Waals surface area contributed by atoms with Crippen molar-refractivity contribution >= 4 is 11.5 Å². The zero-order valence-electron chi connectivity index (χ0n) is 9.58. The van der Waals surface area contributed by atoms with Gasteiger partial charge in [-0.25, -0.2) is 0 Å². The second-order valence-corrected chi connectivity index (χ2v) is 4.58. The van der Waals surface area contributed by atoms with Crippen molar-refractivity contribution in [1.82, 2.24) is 0 Å². The van der Waals surface area contributed by atoms with Gasteiger partial charge in [-0.2, -0.15) is 0 Å². The van der Waals surface area contributed by atoms with Crippen LogP contribution in [0, 0.1) is 0 Å². The summed E-state index contributed by atoms with van der Waals surface area (Å²) in [6, 6.07) is 8.21. The SMILES string of the molecule is CC(=O)[C@@]1(C)CCN(C)c2ccccc21. The van der Waals surface area contributed by atoms with E-state index in [1.807, 2.05) is 12.1 Å². The first-order valence-corrected chi connectivity index (χ1v) is 5.37. The monoisotopic (exact) mass is 203 g/mol. The quantitative estimate of drug-likeness (QED) is 0.698. The van der Waals surface area contributed by atoms with Crippen LogP contribution in [0.3, 0.4) is 0 Å². The molecule has 1 atom stereocenters. The molecule has 0 aliphatic carbocycles. The Bertz CT molecular complexity index is 399. The van der Waals surface area contributed by atoms with E-state index in [0.717, 1.165) is 13.0 Å². The zero-order chi connectivity index (χ0) is 11.1. The highest BCUT2D eigenvalue weighted by Gasteiger charge is 2.37. The van der Waals surface area contributed by atoms with Crippen LogP contribution in [0.2, 0.25) is 0 Å².